The fourth-order valence-electron chi connectivity index (χ4n) is 0.712. The first kappa shape index (κ1) is 10.4. The molecule has 0 atom stereocenters. The highest BCUT2D eigenvalue weighted by Gasteiger charge is 2.10. The topological polar surface area (TPSA) is 79.3 Å². The van der Waals surface area contributed by atoms with Gasteiger partial charge in [0.1, 0.15) is 0 Å². The Morgan fingerprint density at radius 3 is 2.92 bits per heavy atom. The van der Waals surface area contributed by atoms with Crippen LogP contribution in [-0.4, -0.2) is 30.9 Å². The highest BCUT2D eigenvalue weighted by molar-refractivity contribution is 7.92. The number of aliphatic hydroxyl groups excluding tert-OH is 1. The van der Waals surface area contributed by atoms with Crippen LogP contribution in [0.2, 0.25) is 0 Å². The van der Waals surface area contributed by atoms with E-state index in [2.05, 4.69) is 9.71 Å². The minimum Gasteiger partial charge on any atom is -0.396 e. The van der Waals surface area contributed by atoms with Crippen molar-refractivity contribution in [2.75, 3.05) is 17.1 Å². The Morgan fingerprint density at radius 2 is 2.38 bits per heavy atom. The summed E-state index contributed by atoms with van der Waals surface area (Å²) in [7, 11) is -3.33. The molecule has 1 aromatic rings. The molecule has 2 N–H and O–H groups in total. The van der Waals surface area contributed by atoms with Gasteiger partial charge in [-0.3, -0.25) is 4.72 Å². The molecule has 7 heteroatoms. The lowest BCUT2D eigenvalue weighted by atomic mass is 10.5. The maximum atomic E-state index is 11.2. The highest BCUT2D eigenvalue weighted by Crippen LogP contribution is 2.12. The third kappa shape index (κ3) is 3.71. The van der Waals surface area contributed by atoms with Crippen LogP contribution in [0.5, 0.6) is 0 Å². The number of hydrogen-bond acceptors (Lipinski definition) is 5. The van der Waals surface area contributed by atoms with Gasteiger partial charge >= 0.3 is 0 Å². The lowest BCUT2D eigenvalue weighted by Gasteiger charge is -2.02. The molecule has 5 nitrogen and oxygen atoms in total. The van der Waals surface area contributed by atoms with Crippen molar-refractivity contribution in [3.63, 3.8) is 0 Å². The molecule has 0 fully saturated rings. The third-order valence-electron chi connectivity index (χ3n) is 1.25. The van der Waals surface area contributed by atoms with Crippen molar-refractivity contribution >= 4 is 26.5 Å². The Kier molecular flexibility index (Phi) is 3.64. The lowest BCUT2D eigenvalue weighted by Crippen LogP contribution is -2.17. The van der Waals surface area contributed by atoms with Crippen molar-refractivity contribution in [3.8, 4) is 0 Å². The second-order valence-electron chi connectivity index (χ2n) is 2.34. The maximum Gasteiger partial charge on any atom is 0.234 e. The Balaban J connectivity index is 2.53. The first-order valence-corrected chi connectivity index (χ1v) is 6.18. The van der Waals surface area contributed by atoms with Crippen LogP contribution >= 0.6 is 11.3 Å². The summed E-state index contributed by atoms with van der Waals surface area (Å²) in [4.78, 5) is 3.78. The van der Waals surface area contributed by atoms with Gasteiger partial charge in [-0.05, 0) is 6.42 Å². The van der Waals surface area contributed by atoms with Gasteiger partial charge < -0.3 is 5.11 Å². The molecular formula is C6H10N2O3S2. The van der Waals surface area contributed by atoms with Crippen LogP contribution in [0.15, 0.2) is 11.6 Å². The quantitative estimate of drug-likeness (QED) is 0.749. The van der Waals surface area contributed by atoms with Gasteiger partial charge in [0.2, 0.25) is 10.0 Å². The van der Waals surface area contributed by atoms with Gasteiger partial charge in [-0.2, -0.15) is 0 Å². The Morgan fingerprint density at radius 1 is 1.62 bits per heavy atom. The average Bonchev–Trinajstić information content (AvgIpc) is 2.52. The average molecular weight is 222 g/mol. The number of sulfonamides is 1. The monoisotopic (exact) mass is 222 g/mol. The number of rotatable bonds is 5. The van der Waals surface area contributed by atoms with E-state index in [9.17, 15) is 8.42 Å². The summed E-state index contributed by atoms with van der Waals surface area (Å²) in [5.74, 6) is -0.0803. The Bertz CT molecular complexity index is 333. The molecule has 1 rings (SSSR count). The molecule has 0 radical (unpaired) electrons. The Hall–Kier alpha value is -0.660. The van der Waals surface area contributed by atoms with Gasteiger partial charge in [-0.25, -0.2) is 13.4 Å². The van der Waals surface area contributed by atoms with Gasteiger partial charge in [0.05, 0.1) is 5.75 Å². The zero-order valence-electron chi connectivity index (χ0n) is 6.80. The number of aromatic nitrogens is 1. The number of thiazole rings is 1. The van der Waals surface area contributed by atoms with Crippen molar-refractivity contribution < 1.29 is 13.5 Å². The molecule has 13 heavy (non-hydrogen) atoms. The summed E-state index contributed by atoms with van der Waals surface area (Å²) < 4.78 is 24.7. The molecule has 0 aliphatic heterocycles. The van der Waals surface area contributed by atoms with Gasteiger partial charge in [0.15, 0.2) is 5.13 Å². The standard InChI is InChI=1S/C6H10N2O3S2/c9-3-1-5-13(10,11)8-6-7-2-4-12-6/h2,4,9H,1,3,5H2,(H,7,8). The lowest BCUT2D eigenvalue weighted by molar-refractivity contribution is 0.295. The largest absolute Gasteiger partial charge is 0.396 e. The maximum absolute atomic E-state index is 11.2. The van der Waals surface area contributed by atoms with E-state index in [0.29, 0.717) is 5.13 Å². The summed E-state index contributed by atoms with van der Waals surface area (Å²) in [5.41, 5.74) is 0. The van der Waals surface area contributed by atoms with E-state index in [1.54, 1.807) is 5.38 Å². The molecule has 1 aromatic heterocycles. The van der Waals surface area contributed by atoms with Gasteiger partial charge in [-0.1, -0.05) is 0 Å². The van der Waals surface area contributed by atoms with Gasteiger partial charge in [0.25, 0.3) is 0 Å². The third-order valence-corrected chi connectivity index (χ3v) is 3.39. The Labute approximate surface area is 80.5 Å². The van der Waals surface area contributed by atoms with E-state index < -0.39 is 10.0 Å². The molecule has 0 amide bonds. The molecule has 0 unspecified atom stereocenters. The minimum absolute atomic E-state index is 0.0803. The van der Waals surface area contributed by atoms with Crippen LogP contribution in [0.3, 0.4) is 0 Å². The second-order valence-corrected chi connectivity index (χ2v) is 5.07. The van der Waals surface area contributed by atoms with E-state index >= 15 is 0 Å². The summed E-state index contributed by atoms with van der Waals surface area (Å²) in [6, 6.07) is 0. The van der Waals surface area contributed by atoms with Crippen molar-refractivity contribution in [2.45, 2.75) is 6.42 Å². The number of nitrogens with one attached hydrogen (secondary N) is 1. The first-order valence-electron chi connectivity index (χ1n) is 3.65. The number of nitrogens with zero attached hydrogens (tertiary/aromatic N) is 1. The number of anilines is 1. The van der Waals surface area contributed by atoms with Crippen LogP contribution < -0.4 is 4.72 Å². The minimum atomic E-state index is -3.33. The molecule has 0 bridgehead atoms. The number of hydrogen-bond donors (Lipinski definition) is 2. The molecule has 1 heterocycles. The fraction of sp³-hybridized carbons (Fsp3) is 0.500. The van der Waals surface area contributed by atoms with Crippen LogP contribution in [0.1, 0.15) is 6.42 Å². The summed E-state index contributed by atoms with van der Waals surface area (Å²) in [6.45, 7) is -0.126. The van der Waals surface area contributed by atoms with Crippen molar-refractivity contribution in [1.29, 1.82) is 0 Å². The van der Waals surface area contributed by atoms with Crippen LogP contribution in [0, 0.1) is 0 Å². The van der Waals surface area contributed by atoms with E-state index in [4.69, 9.17) is 5.11 Å². The van der Waals surface area contributed by atoms with E-state index in [1.807, 2.05) is 0 Å². The second kappa shape index (κ2) is 4.54. The van der Waals surface area contributed by atoms with Gasteiger partial charge in [0, 0.05) is 18.2 Å². The molecule has 0 saturated heterocycles. The van der Waals surface area contributed by atoms with Crippen LogP contribution in [0.25, 0.3) is 0 Å². The highest BCUT2D eigenvalue weighted by atomic mass is 32.2. The van der Waals surface area contributed by atoms with E-state index in [1.165, 1.54) is 17.5 Å². The molecule has 0 aromatic carbocycles. The normalized spacial score (nSPS) is 11.5. The smallest absolute Gasteiger partial charge is 0.234 e. The van der Waals surface area contributed by atoms with E-state index in [0.717, 1.165) is 0 Å². The van der Waals surface area contributed by atoms with Crippen molar-refractivity contribution in [3.05, 3.63) is 11.6 Å². The number of aliphatic hydroxyl groups is 1. The molecule has 0 aliphatic carbocycles. The van der Waals surface area contributed by atoms with Crippen LogP contribution in [0.4, 0.5) is 5.13 Å². The molecule has 74 valence electrons. The zero-order valence-corrected chi connectivity index (χ0v) is 8.44. The van der Waals surface area contributed by atoms with Crippen molar-refractivity contribution in [1.82, 2.24) is 4.98 Å². The summed E-state index contributed by atoms with van der Waals surface area (Å²) in [5, 5.41) is 10.5. The fourth-order valence-corrected chi connectivity index (χ4v) is 2.59. The predicted molar refractivity (Wildman–Crippen MR) is 51.2 cm³/mol. The zero-order chi connectivity index (χ0) is 9.73. The van der Waals surface area contributed by atoms with E-state index in [-0.39, 0.29) is 18.8 Å². The first-order chi connectivity index (χ1) is 6.14. The molecule has 0 aliphatic rings. The summed E-state index contributed by atoms with van der Waals surface area (Å²) >= 11 is 1.22. The molecular weight excluding hydrogens is 212 g/mol. The van der Waals surface area contributed by atoms with Crippen LogP contribution in [-0.2, 0) is 10.0 Å². The molecule has 0 spiro atoms. The summed E-state index contributed by atoms with van der Waals surface area (Å²) in [6.07, 6.45) is 1.76. The molecule has 0 saturated carbocycles. The predicted octanol–water partition coefficient (Wildman–Crippen LogP) is 0.267. The SMILES string of the molecule is O=S(=O)(CCCO)Nc1nccs1. The van der Waals surface area contributed by atoms with Gasteiger partial charge in [-0.15, -0.1) is 11.3 Å². The van der Waals surface area contributed by atoms with Crippen molar-refractivity contribution in [2.24, 2.45) is 0 Å².